The zero-order valence-electron chi connectivity index (χ0n) is 18.8. The van der Waals surface area contributed by atoms with Gasteiger partial charge in [-0.2, -0.15) is 0 Å². The number of benzene rings is 3. The molecule has 0 fully saturated rings. The topological polar surface area (TPSA) is 55.2 Å². The summed E-state index contributed by atoms with van der Waals surface area (Å²) in [6.45, 7) is 5.34. The van der Waals surface area contributed by atoms with E-state index in [1.807, 2.05) is 97.6 Å². The molecule has 4 aromatic rings. The second-order valence-electron chi connectivity index (χ2n) is 7.89. The molecule has 6 heteroatoms. The zero-order valence-corrected chi connectivity index (χ0v) is 19.7. The van der Waals surface area contributed by atoms with Crippen molar-refractivity contribution < 1.29 is 4.79 Å². The lowest BCUT2D eigenvalue weighted by Gasteiger charge is -2.26. The van der Waals surface area contributed by atoms with E-state index in [9.17, 15) is 9.59 Å². The first-order valence-corrected chi connectivity index (χ1v) is 12.0. The third kappa shape index (κ3) is 5.34. The molecule has 0 N–H and O–H groups in total. The van der Waals surface area contributed by atoms with Crippen molar-refractivity contribution in [2.24, 2.45) is 0 Å². The molecule has 0 saturated heterocycles. The molecule has 0 spiro atoms. The Hall–Kier alpha value is -3.38. The van der Waals surface area contributed by atoms with Gasteiger partial charge >= 0.3 is 0 Å². The Bertz CT molecular complexity index is 1250. The highest BCUT2D eigenvalue weighted by molar-refractivity contribution is 8.00. The number of fused-ring (bicyclic) bond motifs is 1. The van der Waals surface area contributed by atoms with Gasteiger partial charge in [-0.15, -0.1) is 0 Å². The minimum Gasteiger partial charge on any atom is -0.333 e. The molecule has 168 valence electrons. The van der Waals surface area contributed by atoms with Crippen molar-refractivity contribution in [3.8, 4) is 0 Å². The van der Waals surface area contributed by atoms with Crippen molar-refractivity contribution in [1.82, 2.24) is 14.5 Å². The van der Waals surface area contributed by atoms with Crippen LogP contribution in [0.3, 0.4) is 0 Å². The van der Waals surface area contributed by atoms with E-state index in [0.717, 1.165) is 11.1 Å². The maximum absolute atomic E-state index is 13.6. The highest BCUT2D eigenvalue weighted by Gasteiger charge is 2.24. The van der Waals surface area contributed by atoms with Crippen molar-refractivity contribution in [3.63, 3.8) is 0 Å². The number of hydrogen-bond acceptors (Lipinski definition) is 4. The van der Waals surface area contributed by atoms with Crippen molar-refractivity contribution in [1.29, 1.82) is 0 Å². The fourth-order valence-electron chi connectivity index (χ4n) is 3.80. The number of rotatable bonds is 8. The van der Waals surface area contributed by atoms with Crippen LogP contribution in [0, 0.1) is 0 Å². The van der Waals surface area contributed by atoms with Gasteiger partial charge in [-0.1, -0.05) is 84.6 Å². The lowest BCUT2D eigenvalue weighted by molar-refractivity contribution is -0.131. The third-order valence-electron chi connectivity index (χ3n) is 5.52. The van der Waals surface area contributed by atoms with E-state index in [1.54, 1.807) is 10.6 Å². The van der Waals surface area contributed by atoms with Gasteiger partial charge in [0.1, 0.15) is 0 Å². The van der Waals surface area contributed by atoms with Gasteiger partial charge in [0, 0.05) is 19.6 Å². The molecule has 0 aliphatic heterocycles. The Morgan fingerprint density at radius 3 is 2.03 bits per heavy atom. The number of aromatic nitrogens is 2. The maximum atomic E-state index is 13.6. The summed E-state index contributed by atoms with van der Waals surface area (Å²) in [4.78, 5) is 33.1. The fraction of sp³-hybridized carbons (Fsp3) is 0.222. The van der Waals surface area contributed by atoms with Gasteiger partial charge in [-0.05, 0) is 37.1 Å². The van der Waals surface area contributed by atoms with Gasteiger partial charge in [0.2, 0.25) is 5.91 Å². The molecule has 5 nitrogen and oxygen atoms in total. The Balaban J connectivity index is 1.61. The van der Waals surface area contributed by atoms with Crippen molar-refractivity contribution in [3.05, 3.63) is 106 Å². The molecule has 0 saturated carbocycles. The number of amides is 1. The highest BCUT2D eigenvalue weighted by Crippen LogP contribution is 2.25. The Morgan fingerprint density at radius 2 is 1.45 bits per heavy atom. The molecular formula is C27H27N3O2S. The average molecular weight is 458 g/mol. The second-order valence-corrected chi connectivity index (χ2v) is 9.19. The van der Waals surface area contributed by atoms with Crippen molar-refractivity contribution >= 4 is 28.6 Å². The van der Waals surface area contributed by atoms with Gasteiger partial charge in [-0.3, -0.25) is 14.2 Å². The molecule has 0 aliphatic rings. The largest absolute Gasteiger partial charge is 0.333 e. The summed E-state index contributed by atoms with van der Waals surface area (Å²) in [7, 11) is 0. The Labute approximate surface area is 198 Å². The van der Waals surface area contributed by atoms with E-state index < -0.39 is 5.25 Å². The highest BCUT2D eigenvalue weighted by atomic mass is 32.2. The first kappa shape index (κ1) is 22.8. The van der Waals surface area contributed by atoms with E-state index in [0.29, 0.717) is 35.7 Å². The molecule has 0 radical (unpaired) electrons. The molecular weight excluding hydrogens is 430 g/mol. The van der Waals surface area contributed by atoms with Crippen LogP contribution in [0.25, 0.3) is 10.9 Å². The molecule has 3 aromatic carbocycles. The summed E-state index contributed by atoms with van der Waals surface area (Å²) in [5.74, 6) is 0.0118. The smallest absolute Gasteiger partial charge is 0.262 e. The summed E-state index contributed by atoms with van der Waals surface area (Å²) in [5.41, 5.74) is 2.73. The molecule has 33 heavy (non-hydrogen) atoms. The number of carbonyl (C=O) groups is 1. The van der Waals surface area contributed by atoms with Gasteiger partial charge in [-0.25, -0.2) is 4.98 Å². The lowest BCUT2D eigenvalue weighted by atomic mass is 10.1. The van der Waals surface area contributed by atoms with Crippen LogP contribution in [0.2, 0.25) is 0 Å². The minimum atomic E-state index is -0.400. The molecule has 0 aliphatic carbocycles. The molecule has 4 rings (SSSR count). The van der Waals surface area contributed by atoms with Crippen molar-refractivity contribution in [2.45, 2.75) is 43.9 Å². The summed E-state index contributed by atoms with van der Waals surface area (Å²) < 4.78 is 1.65. The number of para-hydroxylation sites is 1. The van der Waals surface area contributed by atoms with Crippen LogP contribution >= 0.6 is 11.8 Å². The van der Waals surface area contributed by atoms with Crippen LogP contribution < -0.4 is 5.56 Å². The van der Waals surface area contributed by atoms with E-state index in [1.165, 1.54) is 11.8 Å². The monoisotopic (exact) mass is 457 g/mol. The molecule has 1 heterocycles. The van der Waals surface area contributed by atoms with Crippen LogP contribution in [0.5, 0.6) is 0 Å². The summed E-state index contributed by atoms with van der Waals surface area (Å²) in [5, 5.41) is 0.766. The third-order valence-corrected chi connectivity index (χ3v) is 6.59. The van der Waals surface area contributed by atoms with E-state index >= 15 is 0 Å². The van der Waals surface area contributed by atoms with Gasteiger partial charge < -0.3 is 4.90 Å². The molecule has 1 atom stereocenters. The average Bonchev–Trinajstić information content (AvgIpc) is 2.85. The lowest BCUT2D eigenvalue weighted by Crippen LogP contribution is -2.36. The van der Waals surface area contributed by atoms with Gasteiger partial charge in [0.15, 0.2) is 5.16 Å². The molecule has 0 bridgehead atoms. The predicted octanol–water partition coefficient (Wildman–Crippen LogP) is 5.13. The molecule has 1 amide bonds. The van der Waals surface area contributed by atoms with Crippen LogP contribution in [-0.4, -0.2) is 25.6 Å². The summed E-state index contributed by atoms with van der Waals surface area (Å²) in [6, 6.07) is 27.3. The van der Waals surface area contributed by atoms with Crippen LogP contribution in [0.1, 0.15) is 25.0 Å². The number of carbonyl (C=O) groups excluding carboxylic acids is 1. The van der Waals surface area contributed by atoms with Crippen LogP contribution in [-0.2, 0) is 24.4 Å². The quantitative estimate of drug-likeness (QED) is 0.272. The molecule has 1 unspecified atom stereocenters. The minimum absolute atomic E-state index is 0.0118. The number of thioether (sulfide) groups is 1. The number of hydrogen-bond donors (Lipinski definition) is 0. The fourth-order valence-corrected chi connectivity index (χ4v) is 4.86. The van der Waals surface area contributed by atoms with Gasteiger partial charge in [0.05, 0.1) is 16.2 Å². The normalized spacial score (nSPS) is 11.9. The Morgan fingerprint density at radius 1 is 0.909 bits per heavy atom. The first-order chi connectivity index (χ1) is 16.1. The SMILES string of the molecule is CCn1c(SC(C)C(=O)N(Cc2ccccc2)Cc2ccccc2)nc2ccccc2c1=O. The Kier molecular flexibility index (Phi) is 7.25. The second kappa shape index (κ2) is 10.5. The van der Waals surface area contributed by atoms with Gasteiger partial charge in [0.25, 0.3) is 5.56 Å². The summed E-state index contributed by atoms with van der Waals surface area (Å²) in [6.07, 6.45) is 0. The first-order valence-electron chi connectivity index (χ1n) is 11.1. The van der Waals surface area contributed by atoms with E-state index in [4.69, 9.17) is 4.98 Å². The predicted molar refractivity (Wildman–Crippen MR) is 134 cm³/mol. The van der Waals surface area contributed by atoms with E-state index in [-0.39, 0.29) is 11.5 Å². The molecule has 1 aromatic heterocycles. The van der Waals surface area contributed by atoms with Crippen LogP contribution in [0.15, 0.2) is 94.9 Å². The standard InChI is InChI=1S/C27H27N3O2S/c1-3-30-26(32)23-16-10-11-17-24(23)28-27(30)33-20(2)25(31)29(18-21-12-6-4-7-13-21)19-22-14-8-5-9-15-22/h4-17,20H,3,18-19H2,1-2H3. The van der Waals surface area contributed by atoms with E-state index in [2.05, 4.69) is 0 Å². The number of nitrogens with zero attached hydrogens (tertiary/aromatic N) is 3. The van der Waals surface area contributed by atoms with Crippen molar-refractivity contribution in [2.75, 3.05) is 0 Å². The zero-order chi connectivity index (χ0) is 23.2. The summed E-state index contributed by atoms with van der Waals surface area (Å²) >= 11 is 1.34. The van der Waals surface area contributed by atoms with Crippen LogP contribution in [0.4, 0.5) is 0 Å². The maximum Gasteiger partial charge on any atom is 0.262 e.